The van der Waals surface area contributed by atoms with Gasteiger partial charge in [-0.2, -0.15) is 0 Å². The van der Waals surface area contributed by atoms with E-state index in [0.717, 1.165) is 28.4 Å². The molecule has 1 N–H and O–H groups in total. The summed E-state index contributed by atoms with van der Waals surface area (Å²) in [5.74, 6) is 2.08. The average molecular weight is 425 g/mol. The summed E-state index contributed by atoms with van der Waals surface area (Å²) in [5, 5.41) is 12.3. The largest absolute Gasteiger partial charge is 0.497 e. The Kier molecular flexibility index (Phi) is 7.15. The minimum absolute atomic E-state index is 0.0361. The molecule has 1 amide bonds. The third-order valence-electron chi connectivity index (χ3n) is 4.85. The summed E-state index contributed by atoms with van der Waals surface area (Å²) in [4.78, 5) is 12.7. The van der Waals surface area contributed by atoms with E-state index in [4.69, 9.17) is 4.74 Å². The van der Waals surface area contributed by atoms with Crippen LogP contribution in [-0.2, 0) is 4.79 Å². The Hall–Kier alpha value is -2.80. The van der Waals surface area contributed by atoms with E-state index in [1.54, 1.807) is 7.11 Å². The maximum absolute atomic E-state index is 12.7. The molecular weight excluding hydrogens is 396 g/mol. The van der Waals surface area contributed by atoms with Gasteiger partial charge in [0.25, 0.3) is 0 Å². The van der Waals surface area contributed by atoms with Crippen molar-refractivity contribution >= 4 is 17.7 Å². The first-order valence-corrected chi connectivity index (χ1v) is 10.9. The monoisotopic (exact) mass is 424 g/mol. The molecule has 1 aromatic heterocycles. The molecule has 0 fully saturated rings. The lowest BCUT2D eigenvalue weighted by Crippen LogP contribution is -2.33. The summed E-state index contributed by atoms with van der Waals surface area (Å²) in [7, 11) is 1.64. The van der Waals surface area contributed by atoms with E-state index in [2.05, 4.69) is 48.4 Å². The van der Waals surface area contributed by atoms with Gasteiger partial charge in [0.15, 0.2) is 5.16 Å². The molecule has 0 aliphatic carbocycles. The highest BCUT2D eigenvalue weighted by molar-refractivity contribution is 7.99. The average Bonchev–Trinajstić information content (AvgIpc) is 3.10. The van der Waals surface area contributed by atoms with Crippen molar-refractivity contribution in [1.29, 1.82) is 0 Å². The van der Waals surface area contributed by atoms with E-state index < -0.39 is 0 Å². The van der Waals surface area contributed by atoms with E-state index in [1.165, 1.54) is 11.8 Å². The molecule has 3 rings (SSSR count). The van der Waals surface area contributed by atoms with Crippen LogP contribution in [0.3, 0.4) is 0 Å². The molecule has 0 saturated carbocycles. The molecule has 1 heterocycles. The fourth-order valence-electron chi connectivity index (χ4n) is 3.29. The van der Waals surface area contributed by atoms with Crippen LogP contribution in [0.5, 0.6) is 5.75 Å². The van der Waals surface area contributed by atoms with Gasteiger partial charge in [0.05, 0.1) is 18.9 Å². The highest BCUT2D eigenvalue weighted by Gasteiger charge is 2.20. The molecule has 3 aromatic rings. The van der Waals surface area contributed by atoms with Crippen LogP contribution in [0, 0.1) is 19.8 Å². The molecule has 1 unspecified atom stereocenters. The molecule has 0 bridgehead atoms. The number of hydrogen-bond donors (Lipinski definition) is 1. The van der Waals surface area contributed by atoms with Gasteiger partial charge in [-0.25, -0.2) is 0 Å². The zero-order valence-electron chi connectivity index (χ0n) is 18.0. The number of carbonyl (C=O) groups excluding carboxylic acids is 1. The van der Waals surface area contributed by atoms with Crippen LogP contribution < -0.4 is 10.1 Å². The number of carbonyl (C=O) groups is 1. The first-order valence-electron chi connectivity index (χ1n) is 9.94. The molecule has 158 valence electrons. The molecule has 7 heteroatoms. The Bertz CT molecular complexity index is 999. The van der Waals surface area contributed by atoms with Crippen molar-refractivity contribution in [1.82, 2.24) is 20.1 Å². The first kappa shape index (κ1) is 21.9. The Morgan fingerprint density at radius 2 is 1.87 bits per heavy atom. The topological polar surface area (TPSA) is 69.0 Å². The van der Waals surface area contributed by atoms with Crippen molar-refractivity contribution < 1.29 is 9.53 Å². The standard InChI is InChI=1S/C23H28N4O2S/c1-15(2)22(18-9-11-20(29-5)12-10-18)24-21(28)14-30-23-26-25-17(4)27(23)19-8-6-7-16(3)13-19/h6-13,15,22H,14H2,1-5H3,(H,24,28). The number of methoxy groups -OCH3 is 1. The van der Waals surface area contributed by atoms with Crippen LogP contribution in [0.2, 0.25) is 0 Å². The fourth-order valence-corrected chi connectivity index (χ4v) is 4.10. The highest BCUT2D eigenvalue weighted by Crippen LogP contribution is 2.25. The van der Waals surface area contributed by atoms with Gasteiger partial charge in [0.1, 0.15) is 11.6 Å². The molecule has 1 atom stereocenters. The van der Waals surface area contributed by atoms with Crippen LogP contribution in [-0.4, -0.2) is 33.5 Å². The Balaban J connectivity index is 1.69. The van der Waals surface area contributed by atoms with Gasteiger partial charge in [-0.3, -0.25) is 9.36 Å². The predicted molar refractivity (Wildman–Crippen MR) is 120 cm³/mol. The second-order valence-electron chi connectivity index (χ2n) is 7.56. The first-order chi connectivity index (χ1) is 14.4. The van der Waals surface area contributed by atoms with Crippen LogP contribution in [0.4, 0.5) is 0 Å². The SMILES string of the molecule is COc1ccc(C(NC(=O)CSc2nnc(C)n2-c2cccc(C)c2)C(C)C)cc1. The molecule has 6 nitrogen and oxygen atoms in total. The third kappa shape index (κ3) is 5.21. The lowest BCUT2D eigenvalue weighted by atomic mass is 9.96. The second-order valence-corrected chi connectivity index (χ2v) is 8.50. The number of thioether (sulfide) groups is 1. The Labute approximate surface area is 182 Å². The van der Waals surface area contributed by atoms with E-state index in [0.29, 0.717) is 5.16 Å². The number of nitrogens with zero attached hydrogens (tertiary/aromatic N) is 3. The van der Waals surface area contributed by atoms with Gasteiger partial charge in [0, 0.05) is 5.69 Å². The van der Waals surface area contributed by atoms with E-state index in [9.17, 15) is 4.79 Å². The number of amides is 1. The van der Waals surface area contributed by atoms with Crippen molar-refractivity contribution in [3.8, 4) is 11.4 Å². The van der Waals surface area contributed by atoms with Crippen molar-refractivity contribution in [2.45, 2.75) is 38.9 Å². The minimum atomic E-state index is -0.0691. The summed E-state index contributed by atoms with van der Waals surface area (Å²) >= 11 is 1.39. The number of ether oxygens (including phenoxy) is 1. The molecule has 2 aromatic carbocycles. The summed E-state index contributed by atoms with van der Waals surface area (Å²) in [6.07, 6.45) is 0. The van der Waals surface area contributed by atoms with Crippen molar-refractivity contribution in [2.24, 2.45) is 5.92 Å². The maximum Gasteiger partial charge on any atom is 0.230 e. The normalized spacial score (nSPS) is 12.1. The van der Waals surface area contributed by atoms with E-state index in [1.807, 2.05) is 47.9 Å². The van der Waals surface area contributed by atoms with Gasteiger partial charge in [-0.05, 0) is 55.2 Å². The molecule has 0 aliphatic rings. The van der Waals surface area contributed by atoms with Crippen molar-refractivity contribution in [3.63, 3.8) is 0 Å². The molecule has 0 radical (unpaired) electrons. The Morgan fingerprint density at radius 3 is 2.50 bits per heavy atom. The number of nitrogens with one attached hydrogen (secondary N) is 1. The number of benzene rings is 2. The number of hydrogen-bond acceptors (Lipinski definition) is 5. The smallest absolute Gasteiger partial charge is 0.230 e. The Morgan fingerprint density at radius 1 is 1.13 bits per heavy atom. The van der Waals surface area contributed by atoms with Crippen LogP contribution in [0.25, 0.3) is 5.69 Å². The minimum Gasteiger partial charge on any atom is -0.497 e. The molecule has 0 spiro atoms. The van der Waals surface area contributed by atoms with Crippen LogP contribution in [0.1, 0.15) is 36.8 Å². The van der Waals surface area contributed by atoms with Crippen molar-refractivity contribution in [3.05, 3.63) is 65.5 Å². The molecular formula is C23H28N4O2S. The number of rotatable bonds is 8. The lowest BCUT2D eigenvalue weighted by Gasteiger charge is -2.23. The zero-order valence-corrected chi connectivity index (χ0v) is 18.9. The zero-order chi connectivity index (χ0) is 21.7. The van der Waals surface area contributed by atoms with Crippen molar-refractivity contribution in [2.75, 3.05) is 12.9 Å². The van der Waals surface area contributed by atoms with Gasteiger partial charge in [0.2, 0.25) is 5.91 Å². The molecule has 0 aliphatic heterocycles. The number of aromatic nitrogens is 3. The summed E-state index contributed by atoms with van der Waals surface area (Å²) < 4.78 is 7.21. The summed E-state index contributed by atoms with van der Waals surface area (Å²) in [5.41, 5.74) is 3.22. The quantitative estimate of drug-likeness (QED) is 0.539. The van der Waals surface area contributed by atoms with Gasteiger partial charge < -0.3 is 10.1 Å². The maximum atomic E-state index is 12.7. The molecule has 30 heavy (non-hydrogen) atoms. The van der Waals surface area contributed by atoms with Gasteiger partial charge in [-0.1, -0.05) is 49.9 Å². The van der Waals surface area contributed by atoms with E-state index >= 15 is 0 Å². The summed E-state index contributed by atoms with van der Waals surface area (Å²) in [6.45, 7) is 8.16. The van der Waals surface area contributed by atoms with Gasteiger partial charge >= 0.3 is 0 Å². The highest BCUT2D eigenvalue weighted by atomic mass is 32.2. The summed E-state index contributed by atoms with van der Waals surface area (Å²) in [6, 6.07) is 15.9. The lowest BCUT2D eigenvalue weighted by molar-refractivity contribution is -0.119. The fraction of sp³-hybridized carbons (Fsp3) is 0.348. The number of aryl methyl sites for hydroxylation is 2. The van der Waals surface area contributed by atoms with Gasteiger partial charge in [-0.15, -0.1) is 10.2 Å². The van der Waals surface area contributed by atoms with Crippen LogP contribution in [0.15, 0.2) is 53.7 Å². The predicted octanol–water partition coefficient (Wildman–Crippen LogP) is 4.50. The van der Waals surface area contributed by atoms with E-state index in [-0.39, 0.29) is 23.6 Å². The van der Waals surface area contributed by atoms with Crippen LogP contribution >= 0.6 is 11.8 Å². The third-order valence-corrected chi connectivity index (χ3v) is 5.77. The molecule has 0 saturated heterocycles. The second kappa shape index (κ2) is 9.80.